The summed E-state index contributed by atoms with van der Waals surface area (Å²) in [7, 11) is 0. The second-order valence-electron chi connectivity index (χ2n) is 4.11. The average Bonchev–Trinajstić information content (AvgIpc) is 2.42. The summed E-state index contributed by atoms with van der Waals surface area (Å²) >= 11 is 0. The van der Waals surface area contributed by atoms with Gasteiger partial charge in [0.05, 0.1) is 11.3 Å². The molecule has 2 aromatic rings. The van der Waals surface area contributed by atoms with Crippen LogP contribution in [0.25, 0.3) is 0 Å². The highest BCUT2D eigenvalue weighted by molar-refractivity contribution is 6.03. The predicted octanol–water partition coefficient (Wildman–Crippen LogP) is 2.16. The van der Waals surface area contributed by atoms with Gasteiger partial charge in [-0.1, -0.05) is 6.07 Å². The Kier molecular flexibility index (Phi) is 3.66. The molecule has 0 aromatic heterocycles. The molecule has 0 aliphatic heterocycles. The van der Waals surface area contributed by atoms with Crippen molar-refractivity contribution in [3.05, 3.63) is 47.5 Å². The number of carbonyl (C=O) groups is 2. The summed E-state index contributed by atoms with van der Waals surface area (Å²) in [6.07, 6.45) is 0. The average molecular weight is 289 g/mol. The largest absolute Gasteiger partial charge is 0.506 e. The van der Waals surface area contributed by atoms with Crippen LogP contribution < -0.4 is 10.5 Å². The first-order chi connectivity index (χ1) is 9.90. The lowest BCUT2D eigenvalue weighted by molar-refractivity contribution is 0.0649. The fourth-order valence-corrected chi connectivity index (χ4v) is 1.74. The molecule has 21 heavy (non-hydrogen) atoms. The van der Waals surface area contributed by atoms with Gasteiger partial charge in [0.1, 0.15) is 22.8 Å². The first kappa shape index (κ1) is 14.2. The Morgan fingerprint density at radius 2 is 1.76 bits per heavy atom. The van der Waals surface area contributed by atoms with Crippen LogP contribution >= 0.6 is 0 Å². The smallest absolute Gasteiger partial charge is 0.340 e. The number of carboxylic acids is 2. The van der Waals surface area contributed by atoms with Gasteiger partial charge in [0.2, 0.25) is 0 Å². The molecule has 0 aliphatic rings. The van der Waals surface area contributed by atoms with Crippen LogP contribution in [-0.2, 0) is 0 Å². The molecule has 0 atom stereocenters. The molecule has 0 amide bonds. The lowest BCUT2D eigenvalue weighted by atomic mass is 10.1. The number of hydrogen-bond acceptors (Lipinski definition) is 5. The Bertz CT molecular complexity index is 725. The lowest BCUT2D eigenvalue weighted by Crippen LogP contribution is -2.09. The van der Waals surface area contributed by atoms with Crippen molar-refractivity contribution in [2.75, 3.05) is 5.73 Å². The molecule has 0 radical (unpaired) electrons. The summed E-state index contributed by atoms with van der Waals surface area (Å²) in [6.45, 7) is 0. The molecule has 0 aliphatic carbocycles. The Labute approximate surface area is 118 Å². The number of benzene rings is 2. The Balaban J connectivity index is 2.48. The van der Waals surface area contributed by atoms with E-state index in [2.05, 4.69) is 0 Å². The van der Waals surface area contributed by atoms with Gasteiger partial charge in [0.15, 0.2) is 0 Å². The summed E-state index contributed by atoms with van der Waals surface area (Å²) < 4.78 is 5.36. The van der Waals surface area contributed by atoms with Gasteiger partial charge in [-0.3, -0.25) is 0 Å². The SMILES string of the molecule is Nc1cc(Oc2cccc(C(=O)O)c2C(=O)O)ccc1O. The minimum Gasteiger partial charge on any atom is -0.506 e. The molecule has 2 aromatic carbocycles. The second kappa shape index (κ2) is 5.41. The van der Waals surface area contributed by atoms with Crippen LogP contribution in [0.2, 0.25) is 0 Å². The monoisotopic (exact) mass is 289 g/mol. The first-order valence-electron chi connectivity index (χ1n) is 5.76. The topological polar surface area (TPSA) is 130 Å². The second-order valence-corrected chi connectivity index (χ2v) is 4.11. The van der Waals surface area contributed by atoms with Crippen molar-refractivity contribution in [1.29, 1.82) is 0 Å². The van der Waals surface area contributed by atoms with Crippen LogP contribution in [0.3, 0.4) is 0 Å². The molecule has 0 bridgehead atoms. The maximum atomic E-state index is 11.3. The van der Waals surface area contributed by atoms with Gasteiger partial charge in [-0.25, -0.2) is 9.59 Å². The van der Waals surface area contributed by atoms with Gasteiger partial charge in [-0.2, -0.15) is 0 Å². The van der Waals surface area contributed by atoms with Gasteiger partial charge in [0, 0.05) is 6.07 Å². The van der Waals surface area contributed by atoms with E-state index in [9.17, 15) is 14.7 Å². The standard InChI is InChI=1S/C14H11NO6/c15-9-6-7(4-5-10(9)16)21-11-3-1-2-8(13(17)18)12(11)14(19)20/h1-6,16H,15H2,(H,17,18)(H,19,20). The molecule has 7 nitrogen and oxygen atoms in total. The molecule has 5 N–H and O–H groups in total. The number of nitrogen functional groups attached to an aromatic ring is 1. The highest BCUT2D eigenvalue weighted by Crippen LogP contribution is 2.31. The highest BCUT2D eigenvalue weighted by Gasteiger charge is 2.21. The van der Waals surface area contributed by atoms with Crippen LogP contribution in [0.5, 0.6) is 17.2 Å². The number of aromatic carboxylic acids is 2. The van der Waals surface area contributed by atoms with Gasteiger partial charge in [-0.05, 0) is 24.3 Å². The van der Waals surface area contributed by atoms with E-state index >= 15 is 0 Å². The zero-order valence-corrected chi connectivity index (χ0v) is 10.6. The zero-order valence-electron chi connectivity index (χ0n) is 10.6. The third-order valence-corrected chi connectivity index (χ3v) is 2.70. The Hall–Kier alpha value is -3.22. The summed E-state index contributed by atoms with van der Waals surface area (Å²) in [4.78, 5) is 22.3. The van der Waals surface area contributed by atoms with Crippen LogP contribution in [0.4, 0.5) is 5.69 Å². The van der Waals surface area contributed by atoms with Crippen molar-refractivity contribution in [3.63, 3.8) is 0 Å². The van der Waals surface area contributed by atoms with E-state index in [1.54, 1.807) is 0 Å². The molecule has 0 unspecified atom stereocenters. The van der Waals surface area contributed by atoms with E-state index in [-0.39, 0.29) is 28.5 Å². The van der Waals surface area contributed by atoms with E-state index in [1.807, 2.05) is 0 Å². The first-order valence-corrected chi connectivity index (χ1v) is 5.76. The third-order valence-electron chi connectivity index (χ3n) is 2.70. The summed E-state index contributed by atoms with van der Waals surface area (Å²) in [6, 6.07) is 7.84. The number of rotatable bonds is 4. The van der Waals surface area contributed by atoms with Crippen LogP contribution in [0, 0.1) is 0 Å². The number of nitrogens with two attached hydrogens (primary N) is 1. The number of phenols is 1. The van der Waals surface area contributed by atoms with Crippen molar-refractivity contribution >= 4 is 17.6 Å². The molecule has 0 saturated carbocycles. The maximum Gasteiger partial charge on any atom is 0.340 e. The van der Waals surface area contributed by atoms with Crippen molar-refractivity contribution in [3.8, 4) is 17.2 Å². The molecule has 2 rings (SSSR count). The van der Waals surface area contributed by atoms with Crippen molar-refractivity contribution in [1.82, 2.24) is 0 Å². The summed E-state index contributed by atoms with van der Waals surface area (Å²) in [5.41, 5.74) is 4.72. The molecule has 0 fully saturated rings. The number of phenolic OH excluding ortho intramolecular Hbond substituents is 1. The van der Waals surface area contributed by atoms with Gasteiger partial charge in [-0.15, -0.1) is 0 Å². The number of anilines is 1. The van der Waals surface area contributed by atoms with Crippen molar-refractivity contribution in [2.24, 2.45) is 0 Å². The minimum absolute atomic E-state index is 0.0544. The van der Waals surface area contributed by atoms with Gasteiger partial charge >= 0.3 is 11.9 Å². The fourth-order valence-electron chi connectivity index (χ4n) is 1.74. The normalized spacial score (nSPS) is 10.1. The lowest BCUT2D eigenvalue weighted by Gasteiger charge is -2.11. The molecule has 0 saturated heterocycles. The number of hydrogen-bond donors (Lipinski definition) is 4. The Morgan fingerprint density at radius 1 is 1.05 bits per heavy atom. The molecular weight excluding hydrogens is 278 g/mol. The summed E-state index contributed by atoms with van der Waals surface area (Å²) in [5.74, 6) is -2.89. The van der Waals surface area contributed by atoms with E-state index in [1.165, 1.54) is 36.4 Å². The summed E-state index contributed by atoms with van der Waals surface area (Å²) in [5, 5.41) is 27.5. The van der Waals surface area contributed by atoms with E-state index < -0.39 is 17.5 Å². The van der Waals surface area contributed by atoms with Gasteiger partial charge in [0.25, 0.3) is 0 Å². The Morgan fingerprint density at radius 3 is 2.33 bits per heavy atom. The minimum atomic E-state index is -1.42. The maximum absolute atomic E-state index is 11.3. The molecular formula is C14H11NO6. The predicted molar refractivity (Wildman–Crippen MR) is 73.0 cm³/mol. The number of aromatic hydroxyl groups is 1. The third kappa shape index (κ3) is 2.86. The molecule has 7 heteroatoms. The van der Waals surface area contributed by atoms with E-state index in [0.29, 0.717) is 0 Å². The van der Waals surface area contributed by atoms with Crippen LogP contribution in [0.15, 0.2) is 36.4 Å². The van der Waals surface area contributed by atoms with Crippen LogP contribution in [0.1, 0.15) is 20.7 Å². The van der Waals surface area contributed by atoms with Gasteiger partial charge < -0.3 is 25.8 Å². The molecule has 108 valence electrons. The van der Waals surface area contributed by atoms with E-state index in [0.717, 1.165) is 0 Å². The quantitative estimate of drug-likeness (QED) is 0.501. The van der Waals surface area contributed by atoms with E-state index in [4.69, 9.17) is 20.7 Å². The number of ether oxygens (including phenoxy) is 1. The van der Waals surface area contributed by atoms with Crippen molar-refractivity contribution < 1.29 is 29.6 Å². The number of carboxylic acid groups (broad SMARTS) is 2. The highest BCUT2D eigenvalue weighted by atomic mass is 16.5. The van der Waals surface area contributed by atoms with Crippen molar-refractivity contribution in [2.45, 2.75) is 0 Å². The zero-order chi connectivity index (χ0) is 15.6. The van der Waals surface area contributed by atoms with Crippen LogP contribution in [-0.4, -0.2) is 27.3 Å². The fraction of sp³-hybridized carbons (Fsp3) is 0. The molecule has 0 spiro atoms. The molecule has 0 heterocycles.